The zero-order chi connectivity index (χ0) is 20.3. The Morgan fingerprint density at radius 1 is 0.767 bits per heavy atom. The molecule has 0 radical (unpaired) electrons. The van der Waals surface area contributed by atoms with Gasteiger partial charge in [0.1, 0.15) is 0 Å². The second-order valence-electron chi connectivity index (χ2n) is 9.52. The normalized spacial score (nSPS) is 22.0. The maximum absolute atomic E-state index is 5.88. The van der Waals surface area contributed by atoms with Crippen molar-refractivity contribution in [1.29, 1.82) is 0 Å². The molecular formula is C24H32Cl2O2SiTi. The minimum atomic E-state index is -3.29. The van der Waals surface area contributed by atoms with Gasteiger partial charge >= 0.3 is 171 Å². The van der Waals surface area contributed by atoms with Crippen LogP contribution in [0, 0.1) is 11.8 Å². The van der Waals surface area contributed by atoms with Crippen LogP contribution in [0.15, 0.2) is 76.7 Å². The maximum Gasteiger partial charge on any atom is -0.147 e. The summed E-state index contributed by atoms with van der Waals surface area (Å²) in [4.78, 5) is 0. The molecule has 2 aliphatic carbocycles. The molecule has 2 nitrogen and oxygen atoms in total. The molecule has 162 valence electrons. The predicted molar refractivity (Wildman–Crippen MR) is 132 cm³/mol. The molecule has 0 fully saturated rings. The molecule has 2 aromatic heterocycles. The van der Waals surface area contributed by atoms with Gasteiger partial charge in [-0.25, -0.2) is 0 Å². The summed E-state index contributed by atoms with van der Waals surface area (Å²) in [6, 6.07) is 8.20. The van der Waals surface area contributed by atoms with Crippen molar-refractivity contribution < 1.29 is 22.9 Å². The summed E-state index contributed by atoms with van der Waals surface area (Å²) in [5.41, 5.74) is 5.50. The van der Waals surface area contributed by atoms with E-state index in [0.29, 0.717) is 11.8 Å². The van der Waals surface area contributed by atoms with E-state index in [2.05, 4.69) is 70.1 Å². The molecule has 2 heterocycles. The van der Waals surface area contributed by atoms with Gasteiger partial charge in [0, 0.05) is 0 Å². The van der Waals surface area contributed by atoms with Gasteiger partial charge in [-0.3, -0.25) is 0 Å². The fraction of sp³-hybridized carbons (Fsp3) is 0.333. The molecule has 2 atom stereocenters. The van der Waals surface area contributed by atoms with E-state index in [1.807, 2.05) is 12.1 Å². The van der Waals surface area contributed by atoms with Gasteiger partial charge in [-0.1, -0.05) is 0 Å². The Labute approximate surface area is 194 Å². The molecule has 2 aliphatic rings. The van der Waals surface area contributed by atoms with Crippen LogP contribution in [0.1, 0.15) is 39.2 Å². The van der Waals surface area contributed by atoms with Gasteiger partial charge in [-0.2, -0.15) is 0 Å². The van der Waals surface area contributed by atoms with Crippen molar-refractivity contribution in [1.82, 2.24) is 0 Å². The van der Waals surface area contributed by atoms with E-state index in [1.165, 1.54) is 22.3 Å². The molecule has 0 bridgehead atoms. The van der Waals surface area contributed by atoms with Gasteiger partial charge < -0.3 is 0 Å². The first-order valence-electron chi connectivity index (χ1n) is 10.1. The fourth-order valence-electron chi connectivity index (χ4n) is 5.45. The summed E-state index contributed by atoms with van der Waals surface area (Å²) in [5, 5.41) is 5.16. The Hall–Kier alpha value is -0.969. The van der Waals surface area contributed by atoms with Crippen molar-refractivity contribution in [2.75, 3.05) is 0 Å². The van der Waals surface area contributed by atoms with E-state index >= 15 is 0 Å². The van der Waals surface area contributed by atoms with E-state index in [9.17, 15) is 0 Å². The Bertz CT molecular complexity index is 1040. The summed E-state index contributed by atoms with van der Waals surface area (Å²) >= 11 is -3.29. The Morgan fingerprint density at radius 3 is 1.43 bits per heavy atom. The summed E-state index contributed by atoms with van der Waals surface area (Å²) in [5.74, 6) is 2.89. The topological polar surface area (TPSA) is 26.3 Å². The largest absolute Gasteiger partial charge is 0.147 e. The van der Waals surface area contributed by atoms with E-state index in [1.54, 1.807) is 20.3 Å². The number of rotatable bonds is 4. The zero-order valence-electron chi connectivity index (χ0n) is 18.6. The third-order valence-electron chi connectivity index (χ3n) is 6.86. The molecule has 2 aromatic rings. The number of halogens is 2. The average Bonchev–Trinajstić information content (AvgIpc) is 3.37. The van der Waals surface area contributed by atoms with Crippen molar-refractivity contribution >= 4 is 43.6 Å². The second kappa shape index (κ2) is 8.52. The van der Waals surface area contributed by atoms with Gasteiger partial charge in [0.15, 0.2) is 0 Å². The Balaban J connectivity index is 0.00000160. The standard InChI is InChI=1S/2C11H11O.2CH3.2ClH.H2Si.Ti/c2*1-8-6-10(7-9(8)2)11-4-3-5-12-11;;;;;;/h2*3-6,9H,1-2H3;2*1H3;2*1H;1H2;. The van der Waals surface area contributed by atoms with Crippen molar-refractivity contribution in [3.63, 3.8) is 0 Å². The molecule has 0 saturated carbocycles. The van der Waals surface area contributed by atoms with Crippen LogP contribution in [0.2, 0.25) is 10.5 Å². The molecule has 0 amide bonds. The molecule has 30 heavy (non-hydrogen) atoms. The average molecular weight is 499 g/mol. The van der Waals surface area contributed by atoms with Gasteiger partial charge in [0.2, 0.25) is 0 Å². The first-order valence-corrected chi connectivity index (χ1v) is 18.8. The second-order valence-corrected chi connectivity index (χ2v) is 28.3. The monoisotopic (exact) mass is 498 g/mol. The van der Waals surface area contributed by atoms with Gasteiger partial charge in [0.25, 0.3) is 0 Å². The van der Waals surface area contributed by atoms with Crippen LogP contribution in [0.5, 0.6) is 0 Å². The molecule has 0 N–H and O–H groups in total. The Kier molecular flexibility index (Phi) is 7.18. The molecule has 4 rings (SSSR count). The van der Waals surface area contributed by atoms with Gasteiger partial charge in [-0.05, 0) is 0 Å². The molecule has 6 heteroatoms. The van der Waals surface area contributed by atoms with E-state index in [0.717, 1.165) is 11.5 Å². The number of furan rings is 2. The van der Waals surface area contributed by atoms with Crippen molar-refractivity contribution in [3.8, 4) is 0 Å². The van der Waals surface area contributed by atoms with E-state index in [-0.39, 0.29) is 24.8 Å². The van der Waals surface area contributed by atoms with Crippen LogP contribution in [0.3, 0.4) is 0 Å². The minimum absolute atomic E-state index is 0. The van der Waals surface area contributed by atoms with Crippen LogP contribution < -0.4 is 0 Å². The number of hydrogen-bond acceptors (Lipinski definition) is 2. The number of hydrogen-bond donors (Lipinski definition) is 0. The third-order valence-corrected chi connectivity index (χ3v) is 17.6. The predicted octanol–water partition coefficient (Wildman–Crippen LogP) is 7.36. The van der Waals surface area contributed by atoms with Crippen LogP contribution in [-0.2, 0) is 14.0 Å². The summed E-state index contributed by atoms with van der Waals surface area (Å²) in [7, 11) is 2.29. The first kappa shape index (κ1) is 25.3. The van der Waals surface area contributed by atoms with Crippen LogP contribution in [-0.4, -0.2) is 7.63 Å². The molecule has 2 unspecified atom stereocenters. The third kappa shape index (κ3) is 3.84. The fourth-order valence-corrected chi connectivity index (χ4v) is 18.4. The molecule has 0 aromatic carbocycles. The Morgan fingerprint density at radius 2 is 1.13 bits per heavy atom. The first-order chi connectivity index (χ1) is 13.1. The van der Waals surface area contributed by atoms with Gasteiger partial charge in [0.05, 0.1) is 0 Å². The molecule has 0 spiro atoms. The van der Waals surface area contributed by atoms with E-state index in [4.69, 9.17) is 8.83 Å². The van der Waals surface area contributed by atoms with Crippen molar-refractivity contribution in [2.45, 2.75) is 38.2 Å². The van der Waals surface area contributed by atoms with Crippen LogP contribution >= 0.6 is 24.8 Å². The maximum atomic E-state index is 5.88. The summed E-state index contributed by atoms with van der Waals surface area (Å²) < 4.78 is 15.0. The van der Waals surface area contributed by atoms with E-state index < -0.39 is 14.0 Å². The number of allylic oxidation sites excluding steroid dienone is 8. The summed E-state index contributed by atoms with van der Waals surface area (Å²) in [6.07, 6.45) is 8.29. The van der Waals surface area contributed by atoms with Crippen LogP contribution in [0.4, 0.5) is 0 Å². The van der Waals surface area contributed by atoms with Crippen molar-refractivity contribution in [2.24, 2.45) is 11.8 Å². The minimum Gasteiger partial charge on any atom is -0.147 e. The van der Waals surface area contributed by atoms with Crippen LogP contribution in [0.25, 0.3) is 11.1 Å². The van der Waals surface area contributed by atoms with Crippen molar-refractivity contribution in [3.05, 3.63) is 79.4 Å². The quantitative estimate of drug-likeness (QED) is 0.411. The molecule has 0 aliphatic heterocycles. The summed E-state index contributed by atoms with van der Waals surface area (Å²) in [6.45, 7) is 9.26. The SMILES string of the molecule is CC1=CC(c2ccco2)=[C]([Ti]([CH3])([CH3])(=[SiH2])[C]2=C(c3ccco3)C=C(C)C2C)C1C.Cl.Cl. The molecular weight excluding hydrogens is 467 g/mol. The smallest absolute Gasteiger partial charge is 0.147 e. The zero-order valence-corrected chi connectivity index (χ0v) is 23.2. The molecule has 0 saturated heterocycles. The van der Waals surface area contributed by atoms with Gasteiger partial charge in [-0.15, -0.1) is 24.8 Å².